The predicted octanol–water partition coefficient (Wildman–Crippen LogP) is 4.36. The van der Waals surface area contributed by atoms with Gasteiger partial charge in [-0.15, -0.1) is 11.3 Å². The third-order valence-corrected chi connectivity index (χ3v) is 6.49. The molecule has 2 aromatic rings. The smallest absolute Gasteiger partial charge is 0.312 e. The molecule has 0 spiro atoms. The van der Waals surface area contributed by atoms with Gasteiger partial charge in [0.25, 0.3) is 11.8 Å². The van der Waals surface area contributed by atoms with E-state index in [-0.39, 0.29) is 15.8 Å². The van der Waals surface area contributed by atoms with Crippen LogP contribution >= 0.6 is 22.7 Å². The van der Waals surface area contributed by atoms with Gasteiger partial charge >= 0.3 is 5.00 Å². The summed E-state index contributed by atoms with van der Waals surface area (Å²) in [6.07, 6.45) is 4.80. The number of amides is 2. The van der Waals surface area contributed by atoms with Crippen molar-refractivity contribution in [1.29, 1.82) is 0 Å². The molecule has 0 bridgehead atoms. The van der Waals surface area contributed by atoms with Crippen molar-refractivity contribution in [1.82, 2.24) is 5.43 Å². The van der Waals surface area contributed by atoms with E-state index in [1.165, 1.54) is 23.5 Å². The second-order valence-corrected chi connectivity index (χ2v) is 8.79. The first kappa shape index (κ1) is 20.2. The van der Waals surface area contributed by atoms with Crippen molar-refractivity contribution in [2.45, 2.75) is 46.0 Å². The van der Waals surface area contributed by atoms with E-state index in [1.54, 1.807) is 13.8 Å². The highest BCUT2D eigenvalue weighted by Gasteiger charge is 2.26. The summed E-state index contributed by atoms with van der Waals surface area (Å²) in [5, 5.41) is 18.0. The van der Waals surface area contributed by atoms with E-state index < -0.39 is 10.8 Å². The van der Waals surface area contributed by atoms with Crippen LogP contribution in [-0.4, -0.2) is 22.4 Å². The zero-order chi connectivity index (χ0) is 20.3. The molecule has 3 rings (SSSR count). The summed E-state index contributed by atoms with van der Waals surface area (Å²) in [6.45, 7) is 3.56. The monoisotopic (exact) mass is 420 g/mol. The number of aryl methyl sites for hydroxylation is 1. The molecule has 0 saturated heterocycles. The largest absolute Gasteiger partial charge is 0.324 e. The number of hydrazone groups is 1. The second-order valence-electron chi connectivity index (χ2n) is 6.62. The Morgan fingerprint density at radius 1 is 1.11 bits per heavy atom. The number of nitro groups is 1. The normalized spacial score (nSPS) is 13.2. The SMILES string of the molecule is CC(C)=NNC(=O)c1c(NC(=O)c2ccc([N+](=O)[O-])s2)sc2c1CCCCC2. The van der Waals surface area contributed by atoms with Crippen LogP contribution in [0.3, 0.4) is 0 Å². The summed E-state index contributed by atoms with van der Waals surface area (Å²) in [7, 11) is 0. The van der Waals surface area contributed by atoms with E-state index in [0.29, 0.717) is 16.3 Å². The van der Waals surface area contributed by atoms with Gasteiger partial charge in [0.1, 0.15) is 5.00 Å². The molecule has 10 heteroatoms. The Hall–Kier alpha value is -2.59. The first-order valence-corrected chi connectivity index (χ1v) is 10.5. The van der Waals surface area contributed by atoms with Crippen molar-refractivity contribution in [3.05, 3.63) is 43.1 Å². The molecule has 2 N–H and O–H groups in total. The quantitative estimate of drug-likeness (QED) is 0.324. The van der Waals surface area contributed by atoms with Crippen LogP contribution in [0.15, 0.2) is 17.2 Å². The second kappa shape index (κ2) is 8.61. The van der Waals surface area contributed by atoms with Gasteiger partial charge in [0, 0.05) is 16.7 Å². The zero-order valence-electron chi connectivity index (χ0n) is 15.5. The molecule has 0 aliphatic heterocycles. The van der Waals surface area contributed by atoms with Gasteiger partial charge in [-0.25, -0.2) is 5.43 Å². The third kappa shape index (κ3) is 4.45. The number of carbonyl (C=O) groups is 2. The fourth-order valence-electron chi connectivity index (χ4n) is 3.00. The van der Waals surface area contributed by atoms with Crippen molar-refractivity contribution in [2.24, 2.45) is 5.10 Å². The van der Waals surface area contributed by atoms with Crippen LogP contribution in [0.4, 0.5) is 10.0 Å². The first-order chi connectivity index (χ1) is 13.4. The molecular weight excluding hydrogens is 400 g/mol. The fourth-order valence-corrected chi connectivity index (χ4v) is 5.00. The van der Waals surface area contributed by atoms with Crippen molar-refractivity contribution in [3.8, 4) is 0 Å². The van der Waals surface area contributed by atoms with E-state index in [0.717, 1.165) is 53.9 Å². The van der Waals surface area contributed by atoms with Crippen LogP contribution < -0.4 is 10.7 Å². The summed E-state index contributed by atoms with van der Waals surface area (Å²) in [4.78, 5) is 37.0. The molecule has 1 aliphatic rings. The van der Waals surface area contributed by atoms with Crippen molar-refractivity contribution >= 4 is 50.2 Å². The molecule has 148 valence electrons. The number of hydrogen-bond donors (Lipinski definition) is 2. The molecule has 0 radical (unpaired) electrons. The third-order valence-electron chi connectivity index (χ3n) is 4.25. The molecule has 2 amide bonds. The van der Waals surface area contributed by atoms with Gasteiger partial charge in [0.2, 0.25) is 0 Å². The Bertz CT molecular complexity index is 957. The molecule has 0 unspecified atom stereocenters. The van der Waals surface area contributed by atoms with E-state index in [1.807, 2.05) is 0 Å². The molecule has 0 aromatic carbocycles. The van der Waals surface area contributed by atoms with Crippen LogP contribution in [0.1, 0.15) is 63.6 Å². The maximum Gasteiger partial charge on any atom is 0.324 e. The molecule has 2 aromatic heterocycles. The van der Waals surface area contributed by atoms with Gasteiger partial charge in [-0.2, -0.15) is 5.10 Å². The minimum Gasteiger partial charge on any atom is -0.312 e. The molecular formula is C18H20N4O4S2. The van der Waals surface area contributed by atoms with Crippen LogP contribution in [0.2, 0.25) is 0 Å². The minimum atomic E-state index is -0.529. The lowest BCUT2D eigenvalue weighted by Gasteiger charge is -2.07. The highest BCUT2D eigenvalue weighted by Crippen LogP contribution is 2.38. The predicted molar refractivity (Wildman–Crippen MR) is 111 cm³/mol. The van der Waals surface area contributed by atoms with Crippen LogP contribution in [-0.2, 0) is 12.8 Å². The van der Waals surface area contributed by atoms with Gasteiger partial charge in [-0.3, -0.25) is 19.7 Å². The molecule has 28 heavy (non-hydrogen) atoms. The average Bonchev–Trinajstić information content (AvgIpc) is 3.19. The number of carbonyl (C=O) groups excluding carboxylic acids is 2. The van der Waals surface area contributed by atoms with Gasteiger partial charge in [-0.1, -0.05) is 17.8 Å². The van der Waals surface area contributed by atoms with Gasteiger partial charge in [-0.05, 0) is 51.2 Å². The van der Waals surface area contributed by atoms with E-state index in [4.69, 9.17) is 0 Å². The molecule has 8 nitrogen and oxygen atoms in total. The van der Waals surface area contributed by atoms with Gasteiger partial charge < -0.3 is 5.32 Å². The number of rotatable bonds is 5. The zero-order valence-corrected chi connectivity index (χ0v) is 17.2. The molecule has 0 atom stereocenters. The molecule has 0 saturated carbocycles. The number of thiophene rings is 2. The van der Waals surface area contributed by atoms with Crippen molar-refractivity contribution in [2.75, 3.05) is 5.32 Å². The Labute approximate surface area is 169 Å². The Morgan fingerprint density at radius 3 is 2.54 bits per heavy atom. The van der Waals surface area contributed by atoms with Crippen molar-refractivity contribution < 1.29 is 14.5 Å². The molecule has 0 fully saturated rings. The number of nitrogens with one attached hydrogen (secondary N) is 2. The average molecular weight is 421 g/mol. The summed E-state index contributed by atoms with van der Waals surface area (Å²) in [5.41, 5.74) is 4.68. The standard InChI is InChI=1S/C18H20N4O4S2/c1-10(2)20-21-17(24)15-11-6-4-3-5-7-12(11)28-18(15)19-16(23)13-8-9-14(27-13)22(25)26/h8-9H,3-7H2,1-2H3,(H,19,23)(H,21,24). The fraction of sp³-hybridized carbons (Fsp3) is 0.389. The molecule has 2 heterocycles. The highest BCUT2D eigenvalue weighted by atomic mass is 32.1. The maximum atomic E-state index is 12.8. The number of anilines is 1. The van der Waals surface area contributed by atoms with Gasteiger partial charge in [0.15, 0.2) is 0 Å². The lowest BCUT2D eigenvalue weighted by molar-refractivity contribution is -0.380. The summed E-state index contributed by atoms with van der Waals surface area (Å²) >= 11 is 2.21. The number of nitrogens with zero attached hydrogens (tertiary/aromatic N) is 2. The van der Waals surface area contributed by atoms with Crippen LogP contribution in [0.5, 0.6) is 0 Å². The summed E-state index contributed by atoms with van der Waals surface area (Å²) in [5.74, 6) is -0.813. The van der Waals surface area contributed by atoms with E-state index >= 15 is 0 Å². The minimum absolute atomic E-state index is 0.0992. The van der Waals surface area contributed by atoms with Crippen LogP contribution in [0.25, 0.3) is 0 Å². The summed E-state index contributed by atoms with van der Waals surface area (Å²) in [6, 6.07) is 2.72. The maximum absolute atomic E-state index is 12.8. The highest BCUT2D eigenvalue weighted by molar-refractivity contribution is 7.18. The van der Waals surface area contributed by atoms with Gasteiger partial charge in [0.05, 0.1) is 15.4 Å². The number of fused-ring (bicyclic) bond motifs is 1. The Balaban J connectivity index is 1.92. The van der Waals surface area contributed by atoms with E-state index in [9.17, 15) is 19.7 Å². The first-order valence-electron chi connectivity index (χ1n) is 8.88. The number of hydrogen-bond acceptors (Lipinski definition) is 7. The topological polar surface area (TPSA) is 114 Å². The lowest BCUT2D eigenvalue weighted by atomic mass is 10.1. The van der Waals surface area contributed by atoms with E-state index in [2.05, 4.69) is 15.8 Å². The Morgan fingerprint density at radius 2 is 1.86 bits per heavy atom. The van der Waals surface area contributed by atoms with Crippen molar-refractivity contribution in [3.63, 3.8) is 0 Å². The molecule has 1 aliphatic carbocycles. The Kier molecular flexibility index (Phi) is 6.20. The summed E-state index contributed by atoms with van der Waals surface area (Å²) < 4.78 is 0. The lowest BCUT2D eigenvalue weighted by Crippen LogP contribution is -2.22. The van der Waals surface area contributed by atoms with Crippen LogP contribution in [0, 0.1) is 10.1 Å².